The number of phenolic OH excluding ortho intramolecular Hbond substituents is 2. The van der Waals surface area contributed by atoms with E-state index < -0.39 is 8.25 Å². The molecule has 30 heavy (non-hydrogen) atoms. The minimum absolute atomic E-state index is 0.0963. The van der Waals surface area contributed by atoms with Crippen LogP contribution in [-0.2, 0) is 4.57 Å². The van der Waals surface area contributed by atoms with Crippen molar-refractivity contribution < 1.29 is 23.8 Å². The predicted octanol–water partition coefficient (Wildman–Crippen LogP) is 6.28. The van der Waals surface area contributed by atoms with Crippen molar-refractivity contribution in [3.8, 4) is 45.3 Å². The molecule has 4 aromatic carbocycles. The van der Waals surface area contributed by atoms with E-state index in [2.05, 4.69) is 0 Å². The van der Waals surface area contributed by atoms with Gasteiger partial charge in [0.25, 0.3) is 0 Å². The maximum Gasteiger partial charge on any atom is 0.419 e. The summed E-state index contributed by atoms with van der Waals surface area (Å²) in [6.45, 7) is 0. The van der Waals surface area contributed by atoms with E-state index in [1.807, 2.05) is 0 Å². The molecule has 0 fully saturated rings. The minimum Gasteiger partial charge on any atom is -0.507 e. The first-order valence-electron chi connectivity index (χ1n) is 9.28. The number of hydrogen-bond acceptors (Lipinski definition) is 5. The van der Waals surface area contributed by atoms with Crippen molar-refractivity contribution in [2.75, 3.05) is 0 Å². The van der Waals surface area contributed by atoms with Crippen LogP contribution in [0.4, 0.5) is 0 Å². The van der Waals surface area contributed by atoms with E-state index in [1.165, 1.54) is 0 Å². The Morgan fingerprint density at radius 2 is 0.833 bits per heavy atom. The quantitative estimate of drug-likeness (QED) is 0.361. The molecule has 0 unspecified atom stereocenters. The summed E-state index contributed by atoms with van der Waals surface area (Å²) in [6, 6.07) is 27.7. The maximum absolute atomic E-state index is 12.7. The number of phenols is 2. The second kappa shape index (κ2) is 8.76. The summed E-state index contributed by atoms with van der Waals surface area (Å²) in [5.74, 6) is 0.865. The number of benzene rings is 4. The molecule has 150 valence electrons. The van der Waals surface area contributed by atoms with E-state index in [4.69, 9.17) is 9.05 Å². The third kappa shape index (κ3) is 4.17. The van der Waals surface area contributed by atoms with Crippen molar-refractivity contribution in [1.82, 2.24) is 0 Å². The van der Waals surface area contributed by atoms with Crippen molar-refractivity contribution in [3.63, 3.8) is 0 Å². The van der Waals surface area contributed by atoms with Crippen LogP contribution in [-0.4, -0.2) is 10.2 Å². The van der Waals surface area contributed by atoms with Crippen LogP contribution in [0.25, 0.3) is 22.3 Å². The first-order chi connectivity index (χ1) is 14.6. The Morgan fingerprint density at radius 3 is 1.23 bits per heavy atom. The molecule has 0 bridgehead atoms. The van der Waals surface area contributed by atoms with Gasteiger partial charge in [-0.15, -0.1) is 0 Å². The van der Waals surface area contributed by atoms with Crippen LogP contribution in [0.5, 0.6) is 23.0 Å². The summed E-state index contributed by atoms with van der Waals surface area (Å²) in [4.78, 5) is 0. The molecule has 6 heteroatoms. The van der Waals surface area contributed by atoms with E-state index in [9.17, 15) is 14.8 Å². The first kappa shape index (κ1) is 19.6. The second-order valence-electron chi connectivity index (χ2n) is 6.48. The van der Waals surface area contributed by atoms with Crippen LogP contribution < -0.4 is 9.05 Å². The molecular weight excluding hydrogens is 399 g/mol. The maximum atomic E-state index is 12.7. The Morgan fingerprint density at radius 1 is 0.500 bits per heavy atom. The molecule has 2 N–H and O–H groups in total. The second-order valence-corrected chi connectivity index (χ2v) is 7.39. The monoisotopic (exact) mass is 418 g/mol. The third-order valence-electron chi connectivity index (χ3n) is 4.55. The summed E-state index contributed by atoms with van der Waals surface area (Å²) in [5.41, 5.74) is 2.34. The lowest BCUT2D eigenvalue weighted by Crippen LogP contribution is -1.93. The predicted molar refractivity (Wildman–Crippen MR) is 117 cm³/mol. The SMILES string of the molecule is O=[PH](Oc1ccccc1-c1ccccc1O)Oc1ccccc1-c1ccccc1O. The zero-order valence-corrected chi connectivity index (χ0v) is 16.9. The molecule has 0 saturated heterocycles. The van der Waals surface area contributed by atoms with Crippen molar-refractivity contribution >= 4 is 8.25 Å². The van der Waals surface area contributed by atoms with Crippen LogP contribution >= 0.6 is 8.25 Å². The number of para-hydroxylation sites is 4. The Kier molecular flexibility index (Phi) is 5.73. The Bertz CT molecular complexity index is 1110. The smallest absolute Gasteiger partial charge is 0.419 e. The van der Waals surface area contributed by atoms with Gasteiger partial charge in [0.15, 0.2) is 0 Å². The fourth-order valence-electron chi connectivity index (χ4n) is 3.16. The highest BCUT2D eigenvalue weighted by atomic mass is 31.1. The molecule has 4 aromatic rings. The Hall–Kier alpha value is -3.69. The largest absolute Gasteiger partial charge is 0.507 e. The molecule has 0 spiro atoms. The van der Waals surface area contributed by atoms with Gasteiger partial charge in [-0.2, -0.15) is 0 Å². The average molecular weight is 418 g/mol. The van der Waals surface area contributed by atoms with Crippen molar-refractivity contribution in [1.29, 1.82) is 0 Å². The highest BCUT2D eigenvalue weighted by Gasteiger charge is 2.15. The Labute approximate surface area is 174 Å². The zero-order chi connectivity index (χ0) is 20.9. The lowest BCUT2D eigenvalue weighted by Gasteiger charge is -2.15. The van der Waals surface area contributed by atoms with Gasteiger partial charge in [-0.1, -0.05) is 72.8 Å². The van der Waals surface area contributed by atoms with E-state index in [0.29, 0.717) is 33.8 Å². The fourth-order valence-corrected chi connectivity index (χ4v) is 3.92. The van der Waals surface area contributed by atoms with Crippen LogP contribution in [0.2, 0.25) is 0 Å². The molecule has 0 aliphatic heterocycles. The van der Waals surface area contributed by atoms with Gasteiger partial charge >= 0.3 is 8.25 Å². The van der Waals surface area contributed by atoms with Gasteiger partial charge in [-0.25, -0.2) is 4.57 Å². The van der Waals surface area contributed by atoms with E-state index in [0.717, 1.165) is 0 Å². The molecule has 0 atom stereocenters. The van der Waals surface area contributed by atoms with Crippen molar-refractivity contribution in [2.24, 2.45) is 0 Å². The van der Waals surface area contributed by atoms with Gasteiger partial charge in [-0.3, -0.25) is 0 Å². The van der Waals surface area contributed by atoms with Crippen LogP contribution in [0, 0.1) is 0 Å². The Balaban J connectivity index is 1.61. The summed E-state index contributed by atoms with van der Waals surface area (Å²) in [7, 11) is -2.99. The number of rotatable bonds is 6. The summed E-state index contributed by atoms with van der Waals surface area (Å²) in [5, 5.41) is 20.3. The molecule has 0 aromatic heterocycles. The lowest BCUT2D eigenvalue weighted by atomic mass is 10.0. The summed E-state index contributed by atoms with van der Waals surface area (Å²) in [6.07, 6.45) is 0. The summed E-state index contributed by atoms with van der Waals surface area (Å²) < 4.78 is 24.0. The molecule has 4 rings (SSSR count). The van der Waals surface area contributed by atoms with E-state index >= 15 is 0 Å². The minimum atomic E-state index is -2.99. The highest BCUT2D eigenvalue weighted by Crippen LogP contribution is 2.42. The number of hydrogen-bond donors (Lipinski definition) is 2. The fraction of sp³-hybridized carbons (Fsp3) is 0. The molecule has 5 nitrogen and oxygen atoms in total. The highest BCUT2D eigenvalue weighted by molar-refractivity contribution is 7.34. The van der Waals surface area contributed by atoms with Crippen molar-refractivity contribution in [2.45, 2.75) is 0 Å². The van der Waals surface area contributed by atoms with Crippen LogP contribution in [0.1, 0.15) is 0 Å². The van der Waals surface area contributed by atoms with Gasteiger partial charge in [0.2, 0.25) is 0 Å². The van der Waals surface area contributed by atoms with Gasteiger partial charge in [-0.05, 0) is 24.3 Å². The van der Waals surface area contributed by atoms with Gasteiger partial charge in [0, 0.05) is 22.3 Å². The topological polar surface area (TPSA) is 76.0 Å². The van der Waals surface area contributed by atoms with Crippen LogP contribution in [0.3, 0.4) is 0 Å². The molecule has 0 aliphatic rings. The molecular formula is C24H19O5P. The van der Waals surface area contributed by atoms with E-state index in [-0.39, 0.29) is 11.5 Å². The number of aromatic hydroxyl groups is 2. The zero-order valence-electron chi connectivity index (χ0n) is 15.9. The average Bonchev–Trinajstić information content (AvgIpc) is 2.76. The lowest BCUT2D eigenvalue weighted by molar-refractivity contribution is 0.416. The van der Waals surface area contributed by atoms with Gasteiger partial charge in [0.1, 0.15) is 23.0 Å². The van der Waals surface area contributed by atoms with Crippen LogP contribution in [0.15, 0.2) is 97.1 Å². The van der Waals surface area contributed by atoms with Gasteiger partial charge in [0.05, 0.1) is 0 Å². The third-order valence-corrected chi connectivity index (χ3v) is 5.32. The standard InChI is InChI=1S/C24H19O5P/c25-21-13-5-1-9-17(21)19-11-3-7-15-23(19)28-30(27)29-24-16-8-4-12-20(24)18-10-2-6-14-22(18)26/h1-16,25-26,30H. The first-order valence-corrected chi connectivity index (χ1v) is 10.5. The molecule has 0 aliphatic carbocycles. The van der Waals surface area contributed by atoms with Gasteiger partial charge < -0.3 is 19.3 Å². The molecule has 0 amide bonds. The summed E-state index contributed by atoms with van der Waals surface area (Å²) >= 11 is 0. The molecule has 0 radical (unpaired) electrons. The van der Waals surface area contributed by atoms with E-state index in [1.54, 1.807) is 97.1 Å². The van der Waals surface area contributed by atoms with Crippen molar-refractivity contribution in [3.05, 3.63) is 97.1 Å². The normalized spacial score (nSPS) is 10.7. The molecule has 0 saturated carbocycles. The molecule has 0 heterocycles.